The van der Waals surface area contributed by atoms with Crippen LogP contribution in [0.1, 0.15) is 31.7 Å². The van der Waals surface area contributed by atoms with Crippen LogP contribution < -0.4 is 10.6 Å². The standard InChI is InChI=1S/C12H20N4O/c1-2-9-3-4-13-11(5-9)12(17)14-6-10-7-15-16-8-10/h7-9,11,13H,2-6H2,1H3,(H,14,17)(H,15,16). The lowest BCUT2D eigenvalue weighted by Gasteiger charge is -2.28. The van der Waals surface area contributed by atoms with Gasteiger partial charge in [0.2, 0.25) is 5.91 Å². The van der Waals surface area contributed by atoms with Crippen molar-refractivity contribution in [2.45, 2.75) is 38.8 Å². The summed E-state index contributed by atoms with van der Waals surface area (Å²) in [6.45, 7) is 3.68. The van der Waals surface area contributed by atoms with Gasteiger partial charge in [0, 0.05) is 18.3 Å². The summed E-state index contributed by atoms with van der Waals surface area (Å²) < 4.78 is 0. The molecule has 0 aromatic carbocycles. The fraction of sp³-hybridized carbons (Fsp3) is 0.667. The van der Waals surface area contributed by atoms with Crippen LogP contribution in [-0.2, 0) is 11.3 Å². The van der Waals surface area contributed by atoms with E-state index in [1.165, 1.54) is 6.42 Å². The molecule has 1 aliphatic heterocycles. The molecule has 94 valence electrons. The second-order valence-corrected chi connectivity index (χ2v) is 4.63. The molecule has 5 heteroatoms. The fourth-order valence-electron chi connectivity index (χ4n) is 2.25. The third-order valence-corrected chi connectivity index (χ3v) is 3.43. The Bertz CT molecular complexity index is 349. The lowest BCUT2D eigenvalue weighted by Crippen LogP contribution is -2.48. The van der Waals surface area contributed by atoms with Crippen LogP contribution in [0.15, 0.2) is 12.4 Å². The van der Waals surface area contributed by atoms with Crippen LogP contribution in [0.5, 0.6) is 0 Å². The van der Waals surface area contributed by atoms with Crippen molar-refractivity contribution in [2.24, 2.45) is 5.92 Å². The molecule has 3 N–H and O–H groups in total. The molecule has 2 rings (SSSR count). The van der Waals surface area contributed by atoms with Crippen molar-refractivity contribution in [1.29, 1.82) is 0 Å². The quantitative estimate of drug-likeness (QED) is 0.724. The van der Waals surface area contributed by atoms with Gasteiger partial charge < -0.3 is 10.6 Å². The van der Waals surface area contributed by atoms with Crippen LogP contribution in [0.3, 0.4) is 0 Å². The Hall–Kier alpha value is -1.36. The van der Waals surface area contributed by atoms with Crippen molar-refractivity contribution in [1.82, 2.24) is 20.8 Å². The summed E-state index contributed by atoms with van der Waals surface area (Å²) in [4.78, 5) is 12.0. The fourth-order valence-corrected chi connectivity index (χ4v) is 2.25. The molecule has 1 fully saturated rings. The highest BCUT2D eigenvalue weighted by Gasteiger charge is 2.25. The number of H-pyrrole nitrogens is 1. The molecule has 0 saturated carbocycles. The molecule has 0 bridgehead atoms. The molecule has 2 unspecified atom stereocenters. The van der Waals surface area contributed by atoms with Gasteiger partial charge in [0.25, 0.3) is 0 Å². The summed E-state index contributed by atoms with van der Waals surface area (Å²) in [5.41, 5.74) is 1.00. The van der Waals surface area contributed by atoms with Crippen LogP contribution in [0, 0.1) is 5.92 Å². The maximum Gasteiger partial charge on any atom is 0.237 e. The Balaban J connectivity index is 1.79. The average Bonchev–Trinajstić information content (AvgIpc) is 2.89. The van der Waals surface area contributed by atoms with E-state index < -0.39 is 0 Å². The Kier molecular flexibility index (Phi) is 4.14. The van der Waals surface area contributed by atoms with Crippen LogP contribution in [-0.4, -0.2) is 28.7 Å². The summed E-state index contributed by atoms with van der Waals surface area (Å²) in [6.07, 6.45) is 6.82. The lowest BCUT2D eigenvalue weighted by atomic mass is 9.90. The van der Waals surface area contributed by atoms with E-state index in [2.05, 4.69) is 27.8 Å². The predicted molar refractivity (Wildman–Crippen MR) is 65.2 cm³/mol. The molecule has 1 amide bonds. The summed E-state index contributed by atoms with van der Waals surface area (Å²) in [7, 11) is 0. The molecule has 1 aliphatic rings. The first-order valence-corrected chi connectivity index (χ1v) is 6.28. The van der Waals surface area contributed by atoms with E-state index in [1.54, 1.807) is 12.4 Å². The first-order valence-electron chi connectivity index (χ1n) is 6.28. The topological polar surface area (TPSA) is 69.8 Å². The van der Waals surface area contributed by atoms with E-state index in [0.717, 1.165) is 24.9 Å². The maximum absolute atomic E-state index is 12.0. The van der Waals surface area contributed by atoms with Gasteiger partial charge in [-0.05, 0) is 25.3 Å². The SMILES string of the molecule is CCC1CCNC(C(=O)NCc2cn[nH]c2)C1. The first kappa shape index (κ1) is 12.1. The monoisotopic (exact) mass is 236 g/mol. The van der Waals surface area contributed by atoms with Gasteiger partial charge >= 0.3 is 0 Å². The number of aromatic amines is 1. The largest absolute Gasteiger partial charge is 0.351 e. The van der Waals surface area contributed by atoms with E-state index in [-0.39, 0.29) is 11.9 Å². The second-order valence-electron chi connectivity index (χ2n) is 4.63. The smallest absolute Gasteiger partial charge is 0.237 e. The Morgan fingerprint density at radius 2 is 2.53 bits per heavy atom. The molecule has 2 atom stereocenters. The van der Waals surface area contributed by atoms with Crippen molar-refractivity contribution in [3.05, 3.63) is 18.0 Å². The van der Waals surface area contributed by atoms with Gasteiger partial charge in [-0.15, -0.1) is 0 Å². The highest BCUT2D eigenvalue weighted by Crippen LogP contribution is 2.19. The minimum Gasteiger partial charge on any atom is -0.351 e. The summed E-state index contributed by atoms with van der Waals surface area (Å²) in [6, 6.07) is -0.0272. The molecule has 1 aromatic rings. The number of aromatic nitrogens is 2. The zero-order chi connectivity index (χ0) is 12.1. The number of amides is 1. The molecule has 2 heterocycles. The molecule has 1 saturated heterocycles. The molecule has 0 aliphatic carbocycles. The number of carbonyl (C=O) groups is 1. The van der Waals surface area contributed by atoms with Crippen molar-refractivity contribution in [3.63, 3.8) is 0 Å². The maximum atomic E-state index is 12.0. The molecular formula is C12H20N4O. The van der Waals surface area contributed by atoms with Crippen LogP contribution >= 0.6 is 0 Å². The molecule has 5 nitrogen and oxygen atoms in total. The van der Waals surface area contributed by atoms with Crippen LogP contribution in [0.4, 0.5) is 0 Å². The van der Waals surface area contributed by atoms with Gasteiger partial charge in [0.05, 0.1) is 12.2 Å². The van der Waals surface area contributed by atoms with E-state index in [0.29, 0.717) is 12.5 Å². The summed E-state index contributed by atoms with van der Waals surface area (Å²) >= 11 is 0. The van der Waals surface area contributed by atoms with Crippen LogP contribution in [0.25, 0.3) is 0 Å². The van der Waals surface area contributed by atoms with Gasteiger partial charge in [-0.25, -0.2) is 0 Å². The number of piperidine rings is 1. The molecular weight excluding hydrogens is 216 g/mol. The minimum atomic E-state index is -0.0272. The predicted octanol–water partition coefficient (Wildman–Crippen LogP) is 0.804. The van der Waals surface area contributed by atoms with Gasteiger partial charge in [-0.1, -0.05) is 13.3 Å². The van der Waals surface area contributed by atoms with Crippen molar-refractivity contribution >= 4 is 5.91 Å². The third kappa shape index (κ3) is 3.30. The summed E-state index contributed by atoms with van der Waals surface area (Å²) in [5, 5.41) is 12.8. The van der Waals surface area contributed by atoms with E-state index >= 15 is 0 Å². The number of hydrogen-bond donors (Lipinski definition) is 3. The number of hydrogen-bond acceptors (Lipinski definition) is 3. The third-order valence-electron chi connectivity index (χ3n) is 3.43. The number of nitrogens with zero attached hydrogens (tertiary/aromatic N) is 1. The zero-order valence-electron chi connectivity index (χ0n) is 10.2. The van der Waals surface area contributed by atoms with Crippen molar-refractivity contribution < 1.29 is 4.79 Å². The first-order chi connectivity index (χ1) is 8.29. The molecule has 0 radical (unpaired) electrons. The number of rotatable bonds is 4. The lowest BCUT2D eigenvalue weighted by molar-refractivity contribution is -0.124. The van der Waals surface area contributed by atoms with E-state index in [9.17, 15) is 4.79 Å². The van der Waals surface area contributed by atoms with Crippen LogP contribution in [0.2, 0.25) is 0 Å². The van der Waals surface area contributed by atoms with Gasteiger partial charge in [-0.3, -0.25) is 9.89 Å². The van der Waals surface area contributed by atoms with E-state index in [4.69, 9.17) is 0 Å². The highest BCUT2D eigenvalue weighted by molar-refractivity contribution is 5.81. The Morgan fingerprint density at radius 1 is 1.65 bits per heavy atom. The normalized spacial score (nSPS) is 24.5. The Labute approximate surface area is 101 Å². The molecule has 0 spiro atoms. The number of carbonyl (C=O) groups excluding carboxylic acids is 1. The second kappa shape index (κ2) is 5.82. The average molecular weight is 236 g/mol. The highest BCUT2D eigenvalue weighted by atomic mass is 16.2. The summed E-state index contributed by atoms with van der Waals surface area (Å²) in [5.74, 6) is 0.783. The molecule has 17 heavy (non-hydrogen) atoms. The molecule has 1 aromatic heterocycles. The Morgan fingerprint density at radius 3 is 3.24 bits per heavy atom. The van der Waals surface area contributed by atoms with Crippen molar-refractivity contribution in [3.8, 4) is 0 Å². The van der Waals surface area contributed by atoms with Gasteiger partial charge in [0.15, 0.2) is 0 Å². The zero-order valence-corrected chi connectivity index (χ0v) is 10.2. The van der Waals surface area contributed by atoms with Gasteiger partial charge in [0.1, 0.15) is 0 Å². The minimum absolute atomic E-state index is 0.0272. The van der Waals surface area contributed by atoms with E-state index in [1.807, 2.05) is 0 Å². The number of nitrogens with one attached hydrogen (secondary N) is 3. The van der Waals surface area contributed by atoms with Gasteiger partial charge in [-0.2, -0.15) is 5.10 Å². The van der Waals surface area contributed by atoms with Crippen molar-refractivity contribution in [2.75, 3.05) is 6.54 Å².